The molecule has 0 atom stereocenters. The van der Waals surface area contributed by atoms with Gasteiger partial charge in [-0.15, -0.1) is 0 Å². The summed E-state index contributed by atoms with van der Waals surface area (Å²) in [7, 11) is 0. The first kappa shape index (κ1) is 15.6. The molecule has 0 spiro atoms. The highest BCUT2D eigenvalue weighted by atomic mass is 16.7. The van der Waals surface area contributed by atoms with Crippen LogP contribution in [0, 0.1) is 0 Å². The van der Waals surface area contributed by atoms with Crippen LogP contribution >= 0.6 is 0 Å². The van der Waals surface area contributed by atoms with Crippen molar-refractivity contribution in [3.8, 4) is 17.2 Å². The maximum Gasteiger partial charge on any atom is 0.189 e. The van der Waals surface area contributed by atoms with E-state index in [2.05, 4.69) is 0 Å². The smallest absolute Gasteiger partial charge is 0.189 e. The predicted molar refractivity (Wildman–Crippen MR) is 71.5 cm³/mol. The van der Waals surface area contributed by atoms with E-state index in [1.165, 1.54) is 12.1 Å². The van der Waals surface area contributed by atoms with Gasteiger partial charge in [0.1, 0.15) is 17.2 Å². The number of ether oxygens (including phenoxy) is 4. The average Bonchev–Trinajstić information content (AvgIpc) is 2.27. The van der Waals surface area contributed by atoms with Crippen LogP contribution in [-0.4, -0.2) is 30.9 Å². The number of phenolic OH excluding ortho intramolecular Hbond substituents is 1. The highest BCUT2D eigenvalue weighted by Crippen LogP contribution is 2.27. The predicted octanol–water partition coefficient (Wildman–Crippen LogP) is 2.91. The Hall–Kier alpha value is -1.46. The fourth-order valence-electron chi connectivity index (χ4n) is 1.20. The van der Waals surface area contributed by atoms with Crippen molar-refractivity contribution in [2.24, 2.45) is 0 Å². The fraction of sp³-hybridized carbons (Fsp3) is 0.571. The Morgan fingerprint density at radius 1 is 0.842 bits per heavy atom. The third-order valence-electron chi connectivity index (χ3n) is 2.12. The van der Waals surface area contributed by atoms with Crippen LogP contribution in [0.4, 0.5) is 0 Å². The van der Waals surface area contributed by atoms with Crippen LogP contribution in [0.3, 0.4) is 0 Å². The zero-order valence-corrected chi connectivity index (χ0v) is 11.9. The second-order valence-electron chi connectivity index (χ2n) is 4.62. The Balaban J connectivity index is 2.51. The van der Waals surface area contributed by atoms with Crippen molar-refractivity contribution in [1.29, 1.82) is 0 Å². The quantitative estimate of drug-likeness (QED) is 0.736. The molecule has 5 heteroatoms. The van der Waals surface area contributed by atoms with Gasteiger partial charge >= 0.3 is 0 Å². The number of aromatic hydroxyl groups is 1. The molecule has 0 aliphatic heterocycles. The molecule has 0 bridgehead atoms. The van der Waals surface area contributed by atoms with E-state index in [9.17, 15) is 5.11 Å². The Bertz CT molecular complexity index is 344. The summed E-state index contributed by atoms with van der Waals surface area (Å²) in [6.07, 6.45) is 0.181. The van der Waals surface area contributed by atoms with E-state index in [-0.39, 0.29) is 31.5 Å². The number of benzene rings is 1. The van der Waals surface area contributed by atoms with Crippen LogP contribution in [0.25, 0.3) is 0 Å². The monoisotopic (exact) mass is 270 g/mol. The minimum atomic E-state index is 0.0709. The highest BCUT2D eigenvalue weighted by Gasteiger charge is 2.04. The first-order chi connectivity index (χ1) is 8.97. The number of hydrogen-bond donors (Lipinski definition) is 1. The normalized spacial score (nSPS) is 11.1. The van der Waals surface area contributed by atoms with Crippen molar-refractivity contribution < 1.29 is 24.1 Å². The Labute approximate surface area is 114 Å². The van der Waals surface area contributed by atoms with E-state index in [0.717, 1.165) is 0 Å². The molecule has 19 heavy (non-hydrogen) atoms. The maximum absolute atomic E-state index is 9.57. The summed E-state index contributed by atoms with van der Waals surface area (Å²) in [5.41, 5.74) is 0. The van der Waals surface area contributed by atoms with E-state index < -0.39 is 0 Å². The Morgan fingerprint density at radius 2 is 1.26 bits per heavy atom. The molecule has 1 rings (SSSR count). The third-order valence-corrected chi connectivity index (χ3v) is 2.12. The molecule has 0 saturated heterocycles. The SMILES string of the molecule is CC(C)OCOc1cc(O)cc(OCOC(C)C)c1. The largest absolute Gasteiger partial charge is 0.508 e. The molecule has 108 valence electrons. The zero-order chi connectivity index (χ0) is 14.3. The van der Waals surface area contributed by atoms with Gasteiger partial charge in [-0.3, -0.25) is 0 Å². The van der Waals surface area contributed by atoms with Crippen molar-refractivity contribution in [2.45, 2.75) is 39.9 Å². The van der Waals surface area contributed by atoms with Crippen LogP contribution in [0.5, 0.6) is 17.2 Å². The zero-order valence-electron chi connectivity index (χ0n) is 11.9. The minimum Gasteiger partial charge on any atom is -0.508 e. The van der Waals surface area contributed by atoms with Crippen LogP contribution in [0.2, 0.25) is 0 Å². The molecule has 1 aromatic rings. The summed E-state index contributed by atoms with van der Waals surface area (Å²) >= 11 is 0. The van der Waals surface area contributed by atoms with Gasteiger partial charge in [0.05, 0.1) is 12.2 Å². The van der Waals surface area contributed by atoms with Crippen LogP contribution < -0.4 is 9.47 Å². The van der Waals surface area contributed by atoms with Crippen molar-refractivity contribution in [3.63, 3.8) is 0 Å². The van der Waals surface area contributed by atoms with Gasteiger partial charge in [0.2, 0.25) is 0 Å². The molecule has 0 heterocycles. The molecule has 0 aliphatic rings. The van der Waals surface area contributed by atoms with Crippen molar-refractivity contribution in [3.05, 3.63) is 18.2 Å². The average molecular weight is 270 g/mol. The molecule has 0 unspecified atom stereocenters. The lowest BCUT2D eigenvalue weighted by atomic mass is 10.3. The molecule has 0 saturated carbocycles. The van der Waals surface area contributed by atoms with Gasteiger partial charge in [-0.2, -0.15) is 0 Å². The molecule has 0 aromatic heterocycles. The van der Waals surface area contributed by atoms with E-state index in [4.69, 9.17) is 18.9 Å². The summed E-state index contributed by atoms with van der Waals surface area (Å²) in [5.74, 6) is 1.04. The second kappa shape index (κ2) is 7.86. The van der Waals surface area contributed by atoms with Crippen LogP contribution in [-0.2, 0) is 9.47 Å². The standard InChI is InChI=1S/C14H22O5/c1-10(2)16-8-18-13-5-12(15)6-14(7-13)19-9-17-11(3)4/h5-7,10-11,15H,8-9H2,1-4H3. The maximum atomic E-state index is 9.57. The second-order valence-corrected chi connectivity index (χ2v) is 4.62. The van der Waals surface area contributed by atoms with E-state index in [1.807, 2.05) is 27.7 Å². The lowest BCUT2D eigenvalue weighted by molar-refractivity contribution is -0.0232. The number of phenols is 1. The van der Waals surface area contributed by atoms with E-state index >= 15 is 0 Å². The molecule has 0 radical (unpaired) electrons. The molecule has 5 nitrogen and oxygen atoms in total. The topological polar surface area (TPSA) is 57.2 Å². The summed E-state index contributed by atoms with van der Waals surface area (Å²) in [5, 5.41) is 9.57. The lowest BCUT2D eigenvalue weighted by Gasteiger charge is -2.13. The first-order valence-corrected chi connectivity index (χ1v) is 6.30. The van der Waals surface area contributed by atoms with Gasteiger partial charge in [-0.05, 0) is 27.7 Å². The van der Waals surface area contributed by atoms with Gasteiger partial charge < -0.3 is 24.1 Å². The van der Waals surface area contributed by atoms with Crippen LogP contribution in [0.1, 0.15) is 27.7 Å². The van der Waals surface area contributed by atoms with E-state index in [0.29, 0.717) is 11.5 Å². The Morgan fingerprint density at radius 3 is 1.63 bits per heavy atom. The van der Waals surface area contributed by atoms with Crippen molar-refractivity contribution >= 4 is 0 Å². The van der Waals surface area contributed by atoms with Crippen molar-refractivity contribution in [1.82, 2.24) is 0 Å². The molecule has 0 aliphatic carbocycles. The Kier molecular flexibility index (Phi) is 6.45. The lowest BCUT2D eigenvalue weighted by Crippen LogP contribution is -2.10. The fourth-order valence-corrected chi connectivity index (χ4v) is 1.20. The third kappa shape index (κ3) is 6.88. The van der Waals surface area contributed by atoms with Gasteiger partial charge in [-0.25, -0.2) is 0 Å². The summed E-state index contributed by atoms with van der Waals surface area (Å²) in [4.78, 5) is 0. The molecular weight excluding hydrogens is 248 g/mol. The van der Waals surface area contributed by atoms with Gasteiger partial charge in [0.15, 0.2) is 13.6 Å². The van der Waals surface area contributed by atoms with Crippen molar-refractivity contribution in [2.75, 3.05) is 13.6 Å². The minimum absolute atomic E-state index is 0.0709. The van der Waals surface area contributed by atoms with Gasteiger partial charge in [0.25, 0.3) is 0 Å². The summed E-state index contributed by atoms with van der Waals surface area (Å²) in [6.45, 7) is 7.94. The van der Waals surface area contributed by atoms with Gasteiger partial charge in [-0.1, -0.05) is 0 Å². The summed E-state index contributed by atoms with van der Waals surface area (Å²) in [6, 6.07) is 4.67. The summed E-state index contributed by atoms with van der Waals surface area (Å²) < 4.78 is 21.3. The molecular formula is C14H22O5. The highest BCUT2D eigenvalue weighted by molar-refractivity contribution is 5.41. The van der Waals surface area contributed by atoms with E-state index in [1.54, 1.807) is 6.07 Å². The van der Waals surface area contributed by atoms with Crippen LogP contribution in [0.15, 0.2) is 18.2 Å². The molecule has 0 amide bonds. The number of hydrogen-bond acceptors (Lipinski definition) is 5. The first-order valence-electron chi connectivity index (χ1n) is 6.30. The number of rotatable bonds is 8. The molecule has 0 fully saturated rings. The molecule has 1 N–H and O–H groups in total. The van der Waals surface area contributed by atoms with Gasteiger partial charge in [0, 0.05) is 18.2 Å². The molecule has 1 aromatic carbocycles.